The fourth-order valence-corrected chi connectivity index (χ4v) is 1.90. The summed E-state index contributed by atoms with van der Waals surface area (Å²) < 4.78 is 1.94. The van der Waals surface area contributed by atoms with Crippen molar-refractivity contribution in [1.82, 2.24) is 4.57 Å². The number of rotatable bonds is 4. The molecule has 2 rings (SSSR count). The highest BCUT2D eigenvalue weighted by Crippen LogP contribution is 2.15. The molecule has 1 heterocycles. The van der Waals surface area contributed by atoms with E-state index in [1.54, 1.807) is 31.2 Å². The zero-order chi connectivity index (χ0) is 13.1. The van der Waals surface area contributed by atoms with Crippen LogP contribution in [-0.2, 0) is 6.54 Å². The SMILES string of the molecule is CC(O)c1cccn1Cc1ccc(C(=O)O)cc1. The summed E-state index contributed by atoms with van der Waals surface area (Å²) in [5.41, 5.74) is 2.12. The van der Waals surface area contributed by atoms with Crippen LogP contribution >= 0.6 is 0 Å². The molecule has 0 radical (unpaired) electrons. The van der Waals surface area contributed by atoms with E-state index in [0.717, 1.165) is 11.3 Å². The van der Waals surface area contributed by atoms with Crippen molar-refractivity contribution in [1.29, 1.82) is 0 Å². The second-order valence-corrected chi connectivity index (χ2v) is 4.24. The molecule has 1 unspecified atom stereocenters. The first-order valence-electron chi connectivity index (χ1n) is 5.73. The van der Waals surface area contributed by atoms with Crippen molar-refractivity contribution in [3.8, 4) is 0 Å². The Kier molecular flexibility index (Phi) is 3.48. The topological polar surface area (TPSA) is 62.5 Å². The van der Waals surface area contributed by atoms with Crippen LogP contribution in [0.15, 0.2) is 42.6 Å². The number of aliphatic hydroxyl groups is 1. The van der Waals surface area contributed by atoms with Gasteiger partial charge >= 0.3 is 5.97 Å². The predicted molar refractivity (Wildman–Crippen MR) is 67.6 cm³/mol. The minimum absolute atomic E-state index is 0.280. The number of hydrogen-bond acceptors (Lipinski definition) is 2. The number of aromatic nitrogens is 1. The lowest BCUT2D eigenvalue weighted by atomic mass is 10.1. The van der Waals surface area contributed by atoms with E-state index in [2.05, 4.69) is 0 Å². The van der Waals surface area contributed by atoms with E-state index in [0.29, 0.717) is 6.54 Å². The number of carbonyl (C=O) groups is 1. The molecule has 0 amide bonds. The fourth-order valence-electron chi connectivity index (χ4n) is 1.90. The molecule has 18 heavy (non-hydrogen) atoms. The molecule has 1 atom stereocenters. The third-order valence-electron chi connectivity index (χ3n) is 2.85. The molecule has 0 saturated heterocycles. The Hall–Kier alpha value is -2.07. The van der Waals surface area contributed by atoms with Crippen LogP contribution in [0.5, 0.6) is 0 Å². The van der Waals surface area contributed by atoms with Gasteiger partial charge in [-0.15, -0.1) is 0 Å². The third-order valence-corrected chi connectivity index (χ3v) is 2.85. The maximum atomic E-state index is 10.7. The number of carboxylic acids is 1. The average molecular weight is 245 g/mol. The molecule has 0 bridgehead atoms. The van der Waals surface area contributed by atoms with E-state index in [1.165, 1.54) is 0 Å². The van der Waals surface area contributed by atoms with Crippen molar-refractivity contribution in [3.05, 3.63) is 59.4 Å². The molecular weight excluding hydrogens is 230 g/mol. The minimum atomic E-state index is -0.924. The van der Waals surface area contributed by atoms with Crippen LogP contribution in [0.1, 0.15) is 34.6 Å². The van der Waals surface area contributed by atoms with Crippen LogP contribution < -0.4 is 0 Å². The smallest absolute Gasteiger partial charge is 0.335 e. The van der Waals surface area contributed by atoms with E-state index < -0.39 is 12.1 Å². The maximum absolute atomic E-state index is 10.7. The molecule has 2 N–H and O–H groups in total. The van der Waals surface area contributed by atoms with E-state index >= 15 is 0 Å². The van der Waals surface area contributed by atoms with Crippen LogP contribution in [-0.4, -0.2) is 20.7 Å². The number of benzene rings is 1. The third kappa shape index (κ3) is 2.60. The molecule has 94 valence electrons. The zero-order valence-corrected chi connectivity index (χ0v) is 10.1. The number of aromatic carboxylic acids is 1. The van der Waals surface area contributed by atoms with Gasteiger partial charge in [0.05, 0.1) is 11.7 Å². The summed E-state index contributed by atoms with van der Waals surface area (Å²) >= 11 is 0. The Balaban J connectivity index is 2.18. The first-order valence-corrected chi connectivity index (χ1v) is 5.73. The van der Waals surface area contributed by atoms with Crippen LogP contribution in [0, 0.1) is 0 Å². The van der Waals surface area contributed by atoms with Crippen molar-refractivity contribution in [2.24, 2.45) is 0 Å². The largest absolute Gasteiger partial charge is 0.478 e. The van der Waals surface area contributed by atoms with Gasteiger partial charge in [-0.3, -0.25) is 0 Å². The Morgan fingerprint density at radius 3 is 2.50 bits per heavy atom. The van der Waals surface area contributed by atoms with Gasteiger partial charge in [0.1, 0.15) is 0 Å². The Morgan fingerprint density at radius 2 is 1.94 bits per heavy atom. The molecule has 4 nitrogen and oxygen atoms in total. The second kappa shape index (κ2) is 5.06. The summed E-state index contributed by atoms with van der Waals surface area (Å²) in [6, 6.07) is 10.5. The summed E-state index contributed by atoms with van der Waals surface area (Å²) in [6.07, 6.45) is 1.38. The summed E-state index contributed by atoms with van der Waals surface area (Å²) in [5.74, 6) is -0.924. The van der Waals surface area contributed by atoms with Crippen molar-refractivity contribution >= 4 is 5.97 Å². The molecule has 1 aromatic carbocycles. The van der Waals surface area contributed by atoms with Gasteiger partial charge in [-0.25, -0.2) is 4.79 Å². The standard InChI is InChI=1S/C14H15NO3/c1-10(16)13-3-2-8-15(13)9-11-4-6-12(7-5-11)14(17)18/h2-8,10,16H,9H2,1H3,(H,17,18). The highest BCUT2D eigenvalue weighted by molar-refractivity contribution is 5.87. The summed E-state index contributed by atoms with van der Waals surface area (Å²) in [7, 11) is 0. The first-order chi connectivity index (χ1) is 8.58. The van der Waals surface area contributed by atoms with Crippen molar-refractivity contribution in [3.63, 3.8) is 0 Å². The highest BCUT2D eigenvalue weighted by Gasteiger charge is 2.07. The quantitative estimate of drug-likeness (QED) is 0.868. The molecule has 1 aromatic heterocycles. The average Bonchev–Trinajstić information content (AvgIpc) is 2.78. The zero-order valence-electron chi connectivity index (χ0n) is 10.1. The van der Waals surface area contributed by atoms with Gasteiger partial charge in [0.25, 0.3) is 0 Å². The summed E-state index contributed by atoms with van der Waals surface area (Å²) in [6.45, 7) is 2.34. The molecular formula is C14H15NO3. The van der Waals surface area contributed by atoms with Gasteiger partial charge in [-0.05, 0) is 36.8 Å². The van der Waals surface area contributed by atoms with E-state index in [-0.39, 0.29) is 5.56 Å². The van der Waals surface area contributed by atoms with Crippen molar-refractivity contribution < 1.29 is 15.0 Å². The molecule has 0 aliphatic rings. The number of aliphatic hydroxyl groups excluding tert-OH is 1. The van der Waals surface area contributed by atoms with E-state index in [1.807, 2.05) is 22.9 Å². The first kappa shape index (κ1) is 12.4. The van der Waals surface area contributed by atoms with Crippen LogP contribution in [0.25, 0.3) is 0 Å². The molecule has 0 aliphatic heterocycles. The van der Waals surface area contributed by atoms with Gasteiger partial charge in [0, 0.05) is 18.4 Å². The lowest BCUT2D eigenvalue weighted by Gasteiger charge is -2.11. The Morgan fingerprint density at radius 1 is 1.28 bits per heavy atom. The van der Waals surface area contributed by atoms with Crippen LogP contribution in [0.3, 0.4) is 0 Å². The van der Waals surface area contributed by atoms with Crippen molar-refractivity contribution in [2.75, 3.05) is 0 Å². The maximum Gasteiger partial charge on any atom is 0.335 e. The molecule has 0 saturated carbocycles. The van der Waals surface area contributed by atoms with Gasteiger partial charge < -0.3 is 14.8 Å². The van der Waals surface area contributed by atoms with E-state index in [4.69, 9.17) is 5.11 Å². The fraction of sp³-hybridized carbons (Fsp3) is 0.214. The van der Waals surface area contributed by atoms with E-state index in [9.17, 15) is 9.90 Å². The lowest BCUT2D eigenvalue weighted by molar-refractivity contribution is 0.0697. The van der Waals surface area contributed by atoms with Crippen molar-refractivity contribution in [2.45, 2.75) is 19.6 Å². The molecule has 4 heteroatoms. The number of carboxylic acid groups (broad SMARTS) is 1. The van der Waals surface area contributed by atoms with Gasteiger partial charge in [0.15, 0.2) is 0 Å². The highest BCUT2D eigenvalue weighted by atomic mass is 16.4. The lowest BCUT2D eigenvalue weighted by Crippen LogP contribution is -2.06. The monoisotopic (exact) mass is 245 g/mol. The second-order valence-electron chi connectivity index (χ2n) is 4.24. The summed E-state index contributed by atoms with van der Waals surface area (Å²) in [5, 5.41) is 18.4. The van der Waals surface area contributed by atoms with Gasteiger partial charge in [0.2, 0.25) is 0 Å². The van der Waals surface area contributed by atoms with Gasteiger partial charge in [-0.2, -0.15) is 0 Å². The molecule has 2 aromatic rings. The van der Waals surface area contributed by atoms with Crippen LogP contribution in [0.2, 0.25) is 0 Å². The number of nitrogens with zero attached hydrogens (tertiary/aromatic N) is 1. The Labute approximate surface area is 105 Å². The summed E-state index contributed by atoms with van der Waals surface area (Å²) in [4.78, 5) is 10.7. The van der Waals surface area contributed by atoms with Crippen LogP contribution in [0.4, 0.5) is 0 Å². The molecule has 0 aliphatic carbocycles. The normalized spacial score (nSPS) is 12.3. The predicted octanol–water partition coefficient (Wildman–Crippen LogP) is 2.29. The number of hydrogen-bond donors (Lipinski definition) is 2. The molecule has 0 fully saturated rings. The van der Waals surface area contributed by atoms with Gasteiger partial charge in [-0.1, -0.05) is 12.1 Å². The minimum Gasteiger partial charge on any atom is -0.478 e. The molecule has 0 spiro atoms. The Bertz CT molecular complexity index is 540.